The highest BCUT2D eigenvalue weighted by molar-refractivity contribution is 5.84. The van der Waals surface area contributed by atoms with E-state index in [1.807, 2.05) is 20.0 Å². The molecule has 0 bridgehead atoms. The second-order valence-electron chi connectivity index (χ2n) is 5.22. The Morgan fingerprint density at radius 3 is 2.63 bits per heavy atom. The number of rotatable bonds is 2. The number of nitrogens with zero attached hydrogens (tertiary/aromatic N) is 1. The molecule has 2 aromatic rings. The van der Waals surface area contributed by atoms with Crippen LogP contribution in [0.25, 0.3) is 10.9 Å². The van der Waals surface area contributed by atoms with E-state index in [0.717, 1.165) is 5.56 Å². The third-order valence-electron chi connectivity index (χ3n) is 3.91. The van der Waals surface area contributed by atoms with Gasteiger partial charge in [-0.3, -0.25) is 0 Å². The van der Waals surface area contributed by atoms with Crippen LogP contribution in [0.3, 0.4) is 0 Å². The second-order valence-corrected chi connectivity index (χ2v) is 5.22. The molecule has 3 rings (SSSR count). The van der Waals surface area contributed by atoms with E-state index in [9.17, 15) is 0 Å². The minimum atomic E-state index is -0.659. The van der Waals surface area contributed by atoms with Gasteiger partial charge in [0, 0.05) is 29.7 Å². The largest absolute Gasteiger partial charge is 0.350 e. The van der Waals surface area contributed by atoms with Crippen LogP contribution in [-0.4, -0.2) is 30.9 Å². The maximum absolute atomic E-state index is 5.98. The lowest BCUT2D eigenvalue weighted by atomic mass is 10.1. The van der Waals surface area contributed by atoms with E-state index in [0.29, 0.717) is 13.2 Å². The average Bonchev–Trinajstić information content (AvgIpc) is 2.79. The van der Waals surface area contributed by atoms with Gasteiger partial charge in [0.25, 0.3) is 0 Å². The van der Waals surface area contributed by atoms with E-state index in [2.05, 4.69) is 41.3 Å². The number of hydrogen-bond acceptors (Lipinski definition) is 3. The standard InChI is InChI=1S/C15H20N2O2/c1-15(18-9-11(16-2)10-19-15)13-8-17(3)14-7-5-4-6-12(13)14/h4-8,11,16H,9-10H2,1-3H3. The summed E-state index contributed by atoms with van der Waals surface area (Å²) in [5.41, 5.74) is 2.29. The molecule has 1 aliphatic rings. The molecule has 0 atom stereocenters. The van der Waals surface area contributed by atoms with Gasteiger partial charge in [0.2, 0.25) is 0 Å². The number of aryl methyl sites for hydroxylation is 1. The van der Waals surface area contributed by atoms with E-state index in [1.165, 1.54) is 10.9 Å². The van der Waals surface area contributed by atoms with Gasteiger partial charge >= 0.3 is 0 Å². The lowest BCUT2D eigenvalue weighted by molar-refractivity contribution is -0.271. The molecule has 1 aliphatic heterocycles. The van der Waals surface area contributed by atoms with Gasteiger partial charge in [-0.05, 0) is 20.0 Å². The van der Waals surface area contributed by atoms with Crippen LogP contribution in [0.2, 0.25) is 0 Å². The molecule has 1 aromatic carbocycles. The van der Waals surface area contributed by atoms with E-state index in [4.69, 9.17) is 9.47 Å². The lowest BCUT2D eigenvalue weighted by Crippen LogP contribution is -2.47. The summed E-state index contributed by atoms with van der Waals surface area (Å²) < 4.78 is 14.1. The molecule has 1 N–H and O–H groups in total. The summed E-state index contributed by atoms with van der Waals surface area (Å²) in [5, 5.41) is 4.37. The minimum absolute atomic E-state index is 0.267. The predicted octanol–water partition coefficient (Wildman–Crippen LogP) is 1.99. The van der Waals surface area contributed by atoms with Gasteiger partial charge in [-0.1, -0.05) is 18.2 Å². The molecule has 4 heteroatoms. The zero-order chi connectivity index (χ0) is 13.5. The third-order valence-corrected chi connectivity index (χ3v) is 3.91. The fraction of sp³-hybridized carbons (Fsp3) is 0.467. The van der Waals surface area contributed by atoms with Crippen molar-refractivity contribution >= 4 is 10.9 Å². The fourth-order valence-corrected chi connectivity index (χ4v) is 2.63. The number of fused-ring (bicyclic) bond motifs is 1. The molecule has 1 aromatic heterocycles. The normalized spacial score (nSPS) is 27.8. The number of benzene rings is 1. The van der Waals surface area contributed by atoms with Crippen molar-refractivity contribution in [3.05, 3.63) is 36.0 Å². The van der Waals surface area contributed by atoms with Crippen molar-refractivity contribution in [2.75, 3.05) is 20.3 Å². The van der Waals surface area contributed by atoms with Crippen molar-refractivity contribution in [1.82, 2.24) is 9.88 Å². The summed E-state index contributed by atoms with van der Waals surface area (Å²) in [6.07, 6.45) is 2.10. The van der Waals surface area contributed by atoms with Gasteiger partial charge in [-0.15, -0.1) is 0 Å². The maximum atomic E-state index is 5.98. The Morgan fingerprint density at radius 2 is 1.95 bits per heavy atom. The van der Waals surface area contributed by atoms with E-state index < -0.39 is 5.79 Å². The summed E-state index contributed by atoms with van der Waals surface area (Å²) in [6.45, 7) is 3.33. The number of ether oxygens (including phenoxy) is 2. The highest BCUT2D eigenvalue weighted by Crippen LogP contribution is 2.35. The molecule has 0 spiro atoms. The first-order valence-electron chi connectivity index (χ1n) is 6.64. The molecular formula is C15H20N2O2. The fourth-order valence-electron chi connectivity index (χ4n) is 2.63. The van der Waals surface area contributed by atoms with Crippen molar-refractivity contribution < 1.29 is 9.47 Å². The molecule has 19 heavy (non-hydrogen) atoms. The lowest BCUT2D eigenvalue weighted by Gasteiger charge is -2.37. The molecule has 0 unspecified atom stereocenters. The van der Waals surface area contributed by atoms with Gasteiger partial charge in [0.15, 0.2) is 5.79 Å². The molecular weight excluding hydrogens is 240 g/mol. The molecule has 0 radical (unpaired) electrons. The smallest absolute Gasteiger partial charge is 0.194 e. The number of aromatic nitrogens is 1. The van der Waals surface area contributed by atoms with Gasteiger partial charge in [-0.25, -0.2) is 0 Å². The highest BCUT2D eigenvalue weighted by atomic mass is 16.7. The van der Waals surface area contributed by atoms with Crippen LogP contribution in [0.15, 0.2) is 30.5 Å². The molecule has 102 valence electrons. The molecule has 0 amide bonds. The first kappa shape index (κ1) is 12.7. The molecule has 1 fully saturated rings. The van der Waals surface area contributed by atoms with Crippen molar-refractivity contribution in [3.63, 3.8) is 0 Å². The summed E-state index contributed by atoms with van der Waals surface area (Å²) in [7, 11) is 3.98. The van der Waals surface area contributed by atoms with Crippen LogP contribution in [0, 0.1) is 0 Å². The minimum Gasteiger partial charge on any atom is -0.350 e. The Kier molecular flexibility index (Phi) is 3.09. The van der Waals surface area contributed by atoms with Crippen LogP contribution in [0.4, 0.5) is 0 Å². The third kappa shape index (κ3) is 2.06. The van der Waals surface area contributed by atoms with E-state index >= 15 is 0 Å². The zero-order valence-corrected chi connectivity index (χ0v) is 11.6. The van der Waals surface area contributed by atoms with Gasteiger partial charge < -0.3 is 19.4 Å². The highest BCUT2D eigenvalue weighted by Gasteiger charge is 2.36. The van der Waals surface area contributed by atoms with Crippen LogP contribution in [0.5, 0.6) is 0 Å². The molecule has 4 nitrogen and oxygen atoms in total. The van der Waals surface area contributed by atoms with Crippen LogP contribution in [0.1, 0.15) is 12.5 Å². The van der Waals surface area contributed by atoms with Crippen molar-refractivity contribution in [1.29, 1.82) is 0 Å². The SMILES string of the molecule is CNC1COC(C)(c2cn(C)c3ccccc23)OC1. The van der Waals surface area contributed by atoms with Crippen LogP contribution < -0.4 is 5.32 Å². The summed E-state index contributed by atoms with van der Waals surface area (Å²) in [4.78, 5) is 0. The van der Waals surface area contributed by atoms with Crippen LogP contribution in [-0.2, 0) is 22.3 Å². The average molecular weight is 260 g/mol. The monoisotopic (exact) mass is 260 g/mol. The topological polar surface area (TPSA) is 35.4 Å². The Labute approximate surface area is 113 Å². The first-order chi connectivity index (χ1) is 9.14. The number of para-hydroxylation sites is 1. The predicted molar refractivity (Wildman–Crippen MR) is 75.0 cm³/mol. The zero-order valence-electron chi connectivity index (χ0n) is 11.6. The van der Waals surface area contributed by atoms with Crippen molar-refractivity contribution in [2.24, 2.45) is 7.05 Å². The van der Waals surface area contributed by atoms with E-state index in [1.54, 1.807) is 0 Å². The molecule has 2 heterocycles. The second kappa shape index (κ2) is 4.63. The number of nitrogens with one attached hydrogen (secondary N) is 1. The van der Waals surface area contributed by atoms with Crippen molar-refractivity contribution in [2.45, 2.75) is 18.8 Å². The number of likely N-dealkylation sites (N-methyl/N-ethyl adjacent to an activating group) is 1. The van der Waals surface area contributed by atoms with E-state index in [-0.39, 0.29) is 6.04 Å². The number of hydrogen-bond donors (Lipinski definition) is 1. The quantitative estimate of drug-likeness (QED) is 0.897. The molecule has 0 saturated carbocycles. The van der Waals surface area contributed by atoms with Gasteiger partial charge in [0.1, 0.15) is 0 Å². The Bertz CT molecular complexity index is 583. The Balaban J connectivity index is 2.00. The Morgan fingerprint density at radius 1 is 1.26 bits per heavy atom. The maximum Gasteiger partial charge on any atom is 0.194 e. The first-order valence-corrected chi connectivity index (χ1v) is 6.64. The van der Waals surface area contributed by atoms with Crippen LogP contribution >= 0.6 is 0 Å². The summed E-state index contributed by atoms with van der Waals surface area (Å²) >= 11 is 0. The molecule has 0 aliphatic carbocycles. The van der Waals surface area contributed by atoms with Gasteiger partial charge in [-0.2, -0.15) is 0 Å². The molecule has 1 saturated heterocycles. The van der Waals surface area contributed by atoms with Crippen molar-refractivity contribution in [3.8, 4) is 0 Å². The van der Waals surface area contributed by atoms with Gasteiger partial charge in [0.05, 0.1) is 19.3 Å². The summed E-state index contributed by atoms with van der Waals surface area (Å²) in [6, 6.07) is 8.60. The summed E-state index contributed by atoms with van der Waals surface area (Å²) in [5.74, 6) is -0.659. The Hall–Kier alpha value is -1.36.